The fraction of sp³-hybridized carbons (Fsp3) is 0.571. The molecular weight excluding hydrogens is 231 g/mol. The number of nitrogens with zero attached hydrogens (tertiary/aromatic N) is 1. The zero-order chi connectivity index (χ0) is 13.5. The van der Waals surface area contributed by atoms with Crippen LogP contribution in [0.2, 0.25) is 0 Å². The van der Waals surface area contributed by atoms with Crippen molar-refractivity contribution in [1.82, 2.24) is 4.90 Å². The third-order valence-corrected chi connectivity index (χ3v) is 3.20. The van der Waals surface area contributed by atoms with Crippen molar-refractivity contribution in [2.24, 2.45) is 5.73 Å². The highest BCUT2D eigenvalue weighted by molar-refractivity contribution is 5.26. The van der Waals surface area contributed by atoms with Gasteiger partial charge in [-0.25, -0.2) is 4.39 Å². The minimum atomic E-state index is -0.170. The van der Waals surface area contributed by atoms with Crippen LogP contribution in [0, 0.1) is 12.7 Å². The molecule has 0 amide bonds. The number of methoxy groups -OCH3 is 1. The number of hydrogen-bond donors (Lipinski definition) is 1. The lowest BCUT2D eigenvalue weighted by molar-refractivity contribution is 0.166. The summed E-state index contributed by atoms with van der Waals surface area (Å²) in [6.07, 6.45) is 0.942. The largest absolute Gasteiger partial charge is 0.385 e. The Bertz CT molecular complexity index is 371. The molecule has 0 saturated heterocycles. The fourth-order valence-electron chi connectivity index (χ4n) is 2.00. The molecule has 18 heavy (non-hydrogen) atoms. The summed E-state index contributed by atoms with van der Waals surface area (Å²) < 4.78 is 18.6. The van der Waals surface area contributed by atoms with E-state index in [1.165, 1.54) is 0 Å². The number of hydrogen-bond acceptors (Lipinski definition) is 3. The summed E-state index contributed by atoms with van der Waals surface area (Å²) in [5.74, 6) is -0.170. The van der Waals surface area contributed by atoms with Crippen LogP contribution in [0.25, 0.3) is 0 Å². The lowest BCUT2D eigenvalue weighted by Crippen LogP contribution is -2.31. The summed E-state index contributed by atoms with van der Waals surface area (Å²) in [6, 6.07) is 5.38. The molecule has 0 aromatic heterocycles. The summed E-state index contributed by atoms with van der Waals surface area (Å²) in [6.45, 7) is 3.85. The van der Waals surface area contributed by atoms with E-state index in [4.69, 9.17) is 10.5 Å². The number of nitrogens with two attached hydrogens (primary N) is 1. The van der Waals surface area contributed by atoms with Crippen LogP contribution in [0.15, 0.2) is 18.2 Å². The normalized spacial score (nSPS) is 13.0. The number of ether oxygens (including phenoxy) is 1. The molecule has 0 aliphatic heterocycles. The minimum absolute atomic E-state index is 0.0527. The molecule has 0 saturated carbocycles. The van der Waals surface area contributed by atoms with Gasteiger partial charge in [0, 0.05) is 32.8 Å². The number of halogens is 1. The van der Waals surface area contributed by atoms with Crippen molar-refractivity contribution in [3.05, 3.63) is 35.1 Å². The van der Waals surface area contributed by atoms with Crippen molar-refractivity contribution < 1.29 is 9.13 Å². The maximum absolute atomic E-state index is 13.6. The molecule has 4 heteroatoms. The third kappa shape index (κ3) is 4.05. The second kappa shape index (κ2) is 7.46. The van der Waals surface area contributed by atoms with Crippen molar-refractivity contribution in [3.8, 4) is 0 Å². The molecule has 1 unspecified atom stereocenters. The maximum Gasteiger partial charge on any atom is 0.126 e. The first-order valence-corrected chi connectivity index (χ1v) is 6.25. The van der Waals surface area contributed by atoms with Gasteiger partial charge in [0.2, 0.25) is 0 Å². The summed E-state index contributed by atoms with van der Waals surface area (Å²) in [4.78, 5) is 2.14. The number of benzene rings is 1. The van der Waals surface area contributed by atoms with Crippen LogP contribution in [0.5, 0.6) is 0 Å². The highest BCUT2D eigenvalue weighted by atomic mass is 19.1. The molecule has 0 radical (unpaired) electrons. The first-order valence-electron chi connectivity index (χ1n) is 6.25. The van der Waals surface area contributed by atoms with Gasteiger partial charge < -0.3 is 10.5 Å². The Morgan fingerprint density at radius 2 is 2.17 bits per heavy atom. The summed E-state index contributed by atoms with van der Waals surface area (Å²) in [5.41, 5.74) is 7.40. The van der Waals surface area contributed by atoms with Crippen molar-refractivity contribution in [3.63, 3.8) is 0 Å². The van der Waals surface area contributed by atoms with Crippen LogP contribution in [-0.4, -0.2) is 38.8 Å². The van der Waals surface area contributed by atoms with Crippen molar-refractivity contribution in [2.45, 2.75) is 19.4 Å². The Kier molecular flexibility index (Phi) is 6.25. The predicted molar refractivity (Wildman–Crippen MR) is 72.1 cm³/mol. The molecule has 102 valence electrons. The van der Waals surface area contributed by atoms with E-state index in [9.17, 15) is 4.39 Å². The Hall–Kier alpha value is -0.970. The lowest BCUT2D eigenvalue weighted by Gasteiger charge is -2.27. The van der Waals surface area contributed by atoms with Crippen molar-refractivity contribution in [1.29, 1.82) is 0 Å². The topological polar surface area (TPSA) is 38.5 Å². The smallest absolute Gasteiger partial charge is 0.126 e. The molecule has 3 nitrogen and oxygen atoms in total. The van der Waals surface area contributed by atoms with Gasteiger partial charge in [-0.3, -0.25) is 4.90 Å². The first kappa shape index (κ1) is 15.1. The molecule has 2 N–H and O–H groups in total. The summed E-state index contributed by atoms with van der Waals surface area (Å²) >= 11 is 0. The zero-order valence-electron chi connectivity index (χ0n) is 11.4. The summed E-state index contributed by atoms with van der Waals surface area (Å²) in [7, 11) is 3.70. The zero-order valence-corrected chi connectivity index (χ0v) is 11.4. The second-order valence-electron chi connectivity index (χ2n) is 4.59. The predicted octanol–water partition coefficient (Wildman–Crippen LogP) is 2.10. The average Bonchev–Trinajstić information content (AvgIpc) is 2.35. The highest BCUT2D eigenvalue weighted by Gasteiger charge is 2.16. The van der Waals surface area contributed by atoms with Crippen LogP contribution in [0.3, 0.4) is 0 Å². The van der Waals surface area contributed by atoms with Crippen LogP contribution < -0.4 is 5.73 Å². The highest BCUT2D eigenvalue weighted by Crippen LogP contribution is 2.20. The molecule has 0 aliphatic rings. The van der Waals surface area contributed by atoms with Gasteiger partial charge in [-0.15, -0.1) is 0 Å². The van der Waals surface area contributed by atoms with Crippen LogP contribution >= 0.6 is 0 Å². The van der Waals surface area contributed by atoms with Crippen LogP contribution in [0.4, 0.5) is 4.39 Å². The number of rotatable bonds is 7. The van der Waals surface area contributed by atoms with Crippen LogP contribution in [-0.2, 0) is 4.74 Å². The van der Waals surface area contributed by atoms with Gasteiger partial charge in [-0.2, -0.15) is 0 Å². The van der Waals surface area contributed by atoms with E-state index < -0.39 is 0 Å². The Morgan fingerprint density at radius 3 is 2.72 bits per heavy atom. The molecule has 0 fully saturated rings. The molecule has 1 aromatic rings. The third-order valence-electron chi connectivity index (χ3n) is 3.20. The number of likely N-dealkylation sites (N-methyl/N-ethyl adjacent to an activating group) is 1. The Morgan fingerprint density at radius 1 is 1.44 bits per heavy atom. The Balaban J connectivity index is 2.72. The minimum Gasteiger partial charge on any atom is -0.385 e. The lowest BCUT2D eigenvalue weighted by atomic mass is 10.0. The van der Waals surface area contributed by atoms with Gasteiger partial charge in [0.25, 0.3) is 0 Å². The fourth-order valence-corrected chi connectivity index (χ4v) is 2.00. The summed E-state index contributed by atoms with van der Waals surface area (Å²) in [5, 5.41) is 0. The van der Waals surface area contributed by atoms with Crippen molar-refractivity contribution >= 4 is 0 Å². The van der Waals surface area contributed by atoms with E-state index in [0.29, 0.717) is 12.1 Å². The van der Waals surface area contributed by atoms with Crippen molar-refractivity contribution in [2.75, 3.05) is 33.9 Å². The van der Waals surface area contributed by atoms with Gasteiger partial charge in [-0.05, 0) is 37.6 Å². The van der Waals surface area contributed by atoms with Gasteiger partial charge in [-0.1, -0.05) is 12.1 Å². The van der Waals surface area contributed by atoms with E-state index >= 15 is 0 Å². The monoisotopic (exact) mass is 254 g/mol. The molecule has 1 rings (SSSR count). The molecule has 0 spiro atoms. The average molecular weight is 254 g/mol. The molecule has 0 bridgehead atoms. The molecule has 0 aliphatic carbocycles. The van der Waals surface area contributed by atoms with Crippen LogP contribution in [0.1, 0.15) is 23.6 Å². The molecule has 1 aromatic carbocycles. The molecule has 1 atom stereocenters. The van der Waals surface area contributed by atoms with Gasteiger partial charge in [0.15, 0.2) is 0 Å². The van der Waals surface area contributed by atoms with Gasteiger partial charge in [0.1, 0.15) is 5.82 Å². The number of aryl methyl sites for hydroxylation is 1. The van der Waals surface area contributed by atoms with E-state index in [1.807, 2.05) is 13.1 Å². The quantitative estimate of drug-likeness (QED) is 0.757. The first-order chi connectivity index (χ1) is 8.60. The van der Waals surface area contributed by atoms with Gasteiger partial charge >= 0.3 is 0 Å². The SMILES string of the molecule is COCCCN(C)C(CN)c1ccc(C)c(F)c1. The second-order valence-corrected chi connectivity index (χ2v) is 4.59. The Labute approximate surface area is 109 Å². The van der Waals surface area contributed by atoms with E-state index in [1.54, 1.807) is 26.2 Å². The molecule has 0 heterocycles. The maximum atomic E-state index is 13.6. The standard InChI is InChI=1S/C14H23FN2O/c1-11-5-6-12(9-13(11)15)14(10-16)17(2)7-4-8-18-3/h5-6,9,14H,4,7-8,10,16H2,1-3H3. The van der Waals surface area contributed by atoms with E-state index in [2.05, 4.69) is 4.90 Å². The van der Waals surface area contributed by atoms with E-state index in [0.717, 1.165) is 25.1 Å². The molecular formula is C14H23FN2O. The van der Waals surface area contributed by atoms with Gasteiger partial charge in [0.05, 0.1) is 0 Å². The van der Waals surface area contributed by atoms with E-state index in [-0.39, 0.29) is 11.9 Å².